The van der Waals surface area contributed by atoms with Crippen LogP contribution in [0.25, 0.3) is 0 Å². The van der Waals surface area contributed by atoms with Crippen molar-refractivity contribution >= 4 is 17.2 Å². The van der Waals surface area contributed by atoms with Crippen molar-refractivity contribution in [3.63, 3.8) is 0 Å². The van der Waals surface area contributed by atoms with E-state index in [1.807, 2.05) is 44.2 Å². The Kier molecular flexibility index (Phi) is 4.98. The lowest BCUT2D eigenvalue weighted by atomic mass is 10.2. The van der Waals surface area contributed by atoms with Gasteiger partial charge in [-0.3, -0.25) is 4.79 Å². The third kappa shape index (κ3) is 4.12. The largest absolute Gasteiger partial charge is 0.489 e. The number of hydrogen-bond donors (Lipinski definition) is 1. The highest BCUT2D eigenvalue weighted by atomic mass is 32.1. The van der Waals surface area contributed by atoms with Gasteiger partial charge in [-0.2, -0.15) is 0 Å². The minimum Gasteiger partial charge on any atom is -0.489 e. The Bertz CT molecular complexity index is 672. The second-order valence-electron chi connectivity index (χ2n) is 5.82. The Labute approximate surface area is 140 Å². The van der Waals surface area contributed by atoms with Gasteiger partial charge >= 0.3 is 0 Å². The molecular formula is C18H21NO3S. The number of carbonyl (C=O) groups is 1. The van der Waals surface area contributed by atoms with Crippen LogP contribution < -0.4 is 10.1 Å². The quantitative estimate of drug-likeness (QED) is 0.914. The van der Waals surface area contributed by atoms with Crippen LogP contribution in [0, 0.1) is 6.92 Å². The maximum Gasteiger partial charge on any atom is 0.261 e. The smallest absolute Gasteiger partial charge is 0.261 e. The van der Waals surface area contributed by atoms with E-state index in [-0.39, 0.29) is 12.0 Å². The lowest BCUT2D eigenvalue weighted by Gasteiger charge is -2.15. The molecule has 1 aliphatic rings. The van der Waals surface area contributed by atoms with Crippen LogP contribution in [0.3, 0.4) is 0 Å². The Balaban J connectivity index is 1.53. The second kappa shape index (κ2) is 7.15. The zero-order chi connectivity index (χ0) is 16.2. The summed E-state index contributed by atoms with van der Waals surface area (Å²) in [6, 6.07) is 9.86. The molecule has 1 aromatic heterocycles. The van der Waals surface area contributed by atoms with Crippen molar-refractivity contribution in [2.24, 2.45) is 0 Å². The Morgan fingerprint density at radius 2 is 2.30 bits per heavy atom. The molecule has 0 unspecified atom stereocenters. The normalized spacial score (nSPS) is 14.9. The van der Waals surface area contributed by atoms with E-state index in [0.29, 0.717) is 13.2 Å². The minimum absolute atomic E-state index is 0.0379. The second-order valence-corrected chi connectivity index (χ2v) is 6.95. The molecule has 23 heavy (non-hydrogen) atoms. The van der Waals surface area contributed by atoms with E-state index in [9.17, 15) is 4.79 Å². The van der Waals surface area contributed by atoms with Crippen molar-refractivity contribution in [2.75, 3.05) is 13.2 Å². The molecule has 0 fully saturated rings. The molecule has 0 bridgehead atoms. The van der Waals surface area contributed by atoms with Gasteiger partial charge in [0.25, 0.3) is 5.91 Å². The predicted molar refractivity (Wildman–Crippen MR) is 91.3 cm³/mol. The first kappa shape index (κ1) is 16.0. The molecule has 0 saturated heterocycles. The topological polar surface area (TPSA) is 47.6 Å². The molecule has 0 aliphatic carbocycles. The van der Waals surface area contributed by atoms with Crippen LogP contribution in [0.1, 0.15) is 32.6 Å². The molecule has 0 saturated carbocycles. The van der Waals surface area contributed by atoms with Crippen molar-refractivity contribution in [1.29, 1.82) is 0 Å². The number of rotatable bonds is 5. The average Bonchev–Trinajstić information content (AvgIpc) is 2.97. The molecule has 5 heteroatoms. The first-order valence-corrected chi connectivity index (χ1v) is 8.64. The highest BCUT2D eigenvalue weighted by molar-refractivity contribution is 7.14. The first-order valence-electron chi connectivity index (χ1n) is 7.82. The third-order valence-electron chi connectivity index (χ3n) is 3.73. The molecule has 0 radical (unpaired) electrons. The van der Waals surface area contributed by atoms with Gasteiger partial charge in [-0.15, -0.1) is 11.3 Å². The fourth-order valence-electron chi connectivity index (χ4n) is 2.55. The van der Waals surface area contributed by atoms with Gasteiger partial charge in [0.15, 0.2) is 0 Å². The standard InChI is InChI=1S/C18H21NO3S/c1-12-4-3-5-15(8-12)22-13(2)10-19-18(20)17-9-14-11-21-7-6-16(14)23-17/h3-5,8-9,13H,6-7,10-11H2,1-2H3,(H,19,20)/t13-/m1/s1. The summed E-state index contributed by atoms with van der Waals surface area (Å²) in [5.74, 6) is 0.791. The van der Waals surface area contributed by atoms with Gasteiger partial charge in [-0.05, 0) is 43.2 Å². The summed E-state index contributed by atoms with van der Waals surface area (Å²) in [4.78, 5) is 14.3. The van der Waals surface area contributed by atoms with Gasteiger partial charge in [-0.1, -0.05) is 12.1 Å². The highest BCUT2D eigenvalue weighted by Crippen LogP contribution is 2.26. The van der Waals surface area contributed by atoms with Crippen LogP contribution in [0.15, 0.2) is 30.3 Å². The molecule has 2 aromatic rings. The van der Waals surface area contributed by atoms with Gasteiger partial charge in [0, 0.05) is 11.3 Å². The summed E-state index contributed by atoms with van der Waals surface area (Å²) >= 11 is 1.57. The number of amides is 1. The molecule has 122 valence electrons. The van der Waals surface area contributed by atoms with Crippen LogP contribution in [0.2, 0.25) is 0 Å². The minimum atomic E-state index is -0.0846. The van der Waals surface area contributed by atoms with E-state index in [1.54, 1.807) is 11.3 Å². The summed E-state index contributed by atoms with van der Waals surface area (Å²) < 4.78 is 11.2. The monoisotopic (exact) mass is 331 g/mol. The van der Waals surface area contributed by atoms with Gasteiger partial charge in [-0.25, -0.2) is 0 Å². The molecule has 3 rings (SSSR count). The van der Waals surface area contributed by atoms with E-state index in [2.05, 4.69) is 5.32 Å². The van der Waals surface area contributed by atoms with Crippen LogP contribution in [-0.4, -0.2) is 25.2 Å². The van der Waals surface area contributed by atoms with Crippen molar-refractivity contribution in [2.45, 2.75) is 33.0 Å². The summed E-state index contributed by atoms with van der Waals surface area (Å²) in [7, 11) is 0. The van der Waals surface area contributed by atoms with Gasteiger partial charge in [0.2, 0.25) is 0 Å². The molecule has 1 aromatic carbocycles. The third-order valence-corrected chi connectivity index (χ3v) is 4.96. The molecule has 1 atom stereocenters. The summed E-state index contributed by atoms with van der Waals surface area (Å²) in [6.07, 6.45) is 0.818. The number of hydrogen-bond acceptors (Lipinski definition) is 4. The molecule has 1 amide bonds. The Morgan fingerprint density at radius 3 is 3.09 bits per heavy atom. The van der Waals surface area contributed by atoms with Gasteiger partial charge in [0.05, 0.1) is 24.6 Å². The van der Waals surface area contributed by atoms with Gasteiger partial charge < -0.3 is 14.8 Å². The van der Waals surface area contributed by atoms with E-state index >= 15 is 0 Å². The summed E-state index contributed by atoms with van der Waals surface area (Å²) in [5, 5.41) is 2.95. The molecule has 4 nitrogen and oxygen atoms in total. The number of nitrogens with one attached hydrogen (secondary N) is 1. The fraction of sp³-hybridized carbons (Fsp3) is 0.389. The lowest BCUT2D eigenvalue weighted by Crippen LogP contribution is -2.33. The number of thiophene rings is 1. The molecule has 0 spiro atoms. The number of benzene rings is 1. The molecule has 2 heterocycles. The molecular weight excluding hydrogens is 310 g/mol. The first-order chi connectivity index (χ1) is 11.1. The SMILES string of the molecule is Cc1cccc(O[C@H](C)CNC(=O)c2cc3c(s2)CCOC3)c1. The van der Waals surface area contributed by atoms with Gasteiger partial charge in [0.1, 0.15) is 11.9 Å². The van der Waals surface area contributed by atoms with Crippen LogP contribution in [-0.2, 0) is 17.8 Å². The Morgan fingerprint density at radius 1 is 1.43 bits per heavy atom. The summed E-state index contributed by atoms with van der Waals surface area (Å²) in [5.41, 5.74) is 2.31. The van der Waals surface area contributed by atoms with E-state index in [4.69, 9.17) is 9.47 Å². The molecule has 1 aliphatic heterocycles. The number of aryl methyl sites for hydroxylation is 1. The van der Waals surface area contributed by atoms with Crippen molar-refractivity contribution < 1.29 is 14.3 Å². The highest BCUT2D eigenvalue weighted by Gasteiger charge is 2.18. The zero-order valence-corrected chi connectivity index (χ0v) is 14.2. The van der Waals surface area contributed by atoms with Crippen molar-refractivity contribution in [3.8, 4) is 5.75 Å². The average molecular weight is 331 g/mol. The van der Waals surface area contributed by atoms with Crippen LogP contribution >= 0.6 is 11.3 Å². The Hall–Kier alpha value is -1.85. The van der Waals surface area contributed by atoms with Crippen molar-refractivity contribution in [1.82, 2.24) is 5.32 Å². The van der Waals surface area contributed by atoms with E-state index < -0.39 is 0 Å². The van der Waals surface area contributed by atoms with Crippen molar-refractivity contribution in [3.05, 3.63) is 51.2 Å². The number of carbonyl (C=O) groups excluding carboxylic acids is 1. The zero-order valence-electron chi connectivity index (χ0n) is 13.4. The lowest BCUT2D eigenvalue weighted by molar-refractivity contribution is 0.0935. The number of fused-ring (bicyclic) bond motifs is 1. The maximum absolute atomic E-state index is 12.3. The van der Waals surface area contributed by atoms with Crippen LogP contribution in [0.5, 0.6) is 5.75 Å². The van der Waals surface area contributed by atoms with E-state index in [1.165, 1.54) is 4.88 Å². The summed E-state index contributed by atoms with van der Waals surface area (Å²) in [6.45, 7) is 5.82. The molecule has 1 N–H and O–H groups in total. The maximum atomic E-state index is 12.3. The predicted octanol–water partition coefficient (Wildman–Crippen LogP) is 3.33. The van der Waals surface area contributed by atoms with E-state index in [0.717, 1.165) is 34.8 Å². The fourth-order valence-corrected chi connectivity index (χ4v) is 3.61. The number of ether oxygens (including phenoxy) is 2. The van der Waals surface area contributed by atoms with Crippen LogP contribution in [0.4, 0.5) is 0 Å².